The zero-order chi connectivity index (χ0) is 22.0. The van der Waals surface area contributed by atoms with Gasteiger partial charge >= 0.3 is 0 Å². The second-order valence-corrected chi connectivity index (χ2v) is 8.72. The largest absolute Gasteiger partial charge is 0.394 e. The van der Waals surface area contributed by atoms with Crippen LogP contribution in [-0.2, 0) is 22.3 Å². The summed E-state index contributed by atoms with van der Waals surface area (Å²) >= 11 is 0. The molecule has 1 heterocycles. The maximum Gasteiger partial charge on any atom is 0.113 e. The lowest BCUT2D eigenvalue weighted by atomic mass is 9.88. The molecule has 4 rings (SSSR count). The van der Waals surface area contributed by atoms with E-state index in [-0.39, 0.29) is 0 Å². The number of aliphatic hydroxyl groups is 4. The van der Waals surface area contributed by atoms with Crippen molar-refractivity contribution in [1.29, 1.82) is 0 Å². The standard InChI is InChI=1S/C25H32O6/c1-30-11-10-15-2-4-16(5-3-15)12-19-13-18(8-9-20(19)17-6-7-17)25-24(29)23(28)22(27)21(14-26)31-25/h2-5,8-9,13,17,21-29H,6-7,10-12,14H2,1H3/t21-,22-,23+,24-,25+/m1/s1. The van der Waals surface area contributed by atoms with Crippen molar-refractivity contribution in [2.24, 2.45) is 0 Å². The van der Waals surface area contributed by atoms with Crippen LogP contribution in [0.15, 0.2) is 42.5 Å². The minimum atomic E-state index is -1.37. The van der Waals surface area contributed by atoms with E-state index < -0.39 is 37.1 Å². The molecule has 5 atom stereocenters. The number of hydrogen-bond donors (Lipinski definition) is 4. The molecule has 168 valence electrons. The minimum absolute atomic E-state index is 0.427. The van der Waals surface area contributed by atoms with Crippen molar-refractivity contribution >= 4 is 0 Å². The predicted molar refractivity (Wildman–Crippen MR) is 116 cm³/mol. The molecule has 0 bridgehead atoms. The van der Waals surface area contributed by atoms with E-state index in [1.165, 1.54) is 35.1 Å². The predicted octanol–water partition coefficient (Wildman–Crippen LogP) is 1.86. The van der Waals surface area contributed by atoms with Crippen molar-refractivity contribution in [1.82, 2.24) is 0 Å². The Morgan fingerprint density at radius 1 is 0.935 bits per heavy atom. The molecule has 0 unspecified atom stereocenters. The first-order valence-corrected chi connectivity index (χ1v) is 11.0. The molecule has 6 nitrogen and oxygen atoms in total. The lowest BCUT2D eigenvalue weighted by molar-refractivity contribution is -0.231. The summed E-state index contributed by atoms with van der Waals surface area (Å²) < 4.78 is 10.9. The first-order valence-electron chi connectivity index (χ1n) is 11.0. The number of rotatable bonds is 8. The smallest absolute Gasteiger partial charge is 0.113 e. The molecule has 0 spiro atoms. The molecule has 6 heteroatoms. The first kappa shape index (κ1) is 22.4. The van der Waals surface area contributed by atoms with E-state index in [4.69, 9.17) is 9.47 Å². The Morgan fingerprint density at radius 2 is 1.65 bits per heavy atom. The minimum Gasteiger partial charge on any atom is -0.394 e. The molecule has 0 amide bonds. The molecule has 1 aliphatic heterocycles. The van der Waals surface area contributed by atoms with Crippen LogP contribution in [0.4, 0.5) is 0 Å². The molecule has 0 radical (unpaired) electrons. The molecule has 2 fully saturated rings. The molecular weight excluding hydrogens is 396 g/mol. The summed E-state index contributed by atoms with van der Waals surface area (Å²) in [5.74, 6) is 0.569. The van der Waals surface area contributed by atoms with E-state index in [0.717, 1.165) is 18.4 Å². The van der Waals surface area contributed by atoms with Crippen LogP contribution in [0.1, 0.15) is 52.7 Å². The normalized spacial score (nSPS) is 28.6. The molecule has 1 saturated heterocycles. The summed E-state index contributed by atoms with van der Waals surface area (Å²) in [6.07, 6.45) is -1.69. The van der Waals surface area contributed by atoms with E-state index >= 15 is 0 Å². The highest BCUT2D eigenvalue weighted by molar-refractivity contribution is 5.41. The molecule has 1 aliphatic carbocycles. The molecule has 0 aromatic heterocycles. The van der Waals surface area contributed by atoms with Gasteiger partial charge in [-0.3, -0.25) is 0 Å². The van der Waals surface area contributed by atoms with E-state index in [1.54, 1.807) is 7.11 Å². The van der Waals surface area contributed by atoms with Gasteiger partial charge in [-0.25, -0.2) is 0 Å². The Bertz CT molecular complexity index is 861. The van der Waals surface area contributed by atoms with Gasteiger partial charge < -0.3 is 29.9 Å². The molecule has 2 aromatic rings. The Labute approximate surface area is 183 Å². The van der Waals surface area contributed by atoms with Gasteiger partial charge in [0, 0.05) is 7.11 Å². The molecule has 1 saturated carbocycles. The lowest BCUT2D eigenvalue weighted by Gasteiger charge is -2.40. The fourth-order valence-electron chi connectivity index (χ4n) is 4.39. The number of methoxy groups -OCH3 is 1. The van der Waals surface area contributed by atoms with E-state index in [9.17, 15) is 20.4 Å². The van der Waals surface area contributed by atoms with Gasteiger partial charge in [0.05, 0.1) is 13.2 Å². The van der Waals surface area contributed by atoms with Gasteiger partial charge in [0.1, 0.15) is 30.5 Å². The summed E-state index contributed by atoms with van der Waals surface area (Å²) in [7, 11) is 1.70. The maximum atomic E-state index is 10.5. The summed E-state index contributed by atoms with van der Waals surface area (Å²) in [6, 6.07) is 14.6. The Hall–Kier alpha value is -1.80. The average Bonchev–Trinajstić information content (AvgIpc) is 3.63. The number of hydrogen-bond acceptors (Lipinski definition) is 6. The van der Waals surface area contributed by atoms with Crippen molar-refractivity contribution in [2.45, 2.75) is 62.1 Å². The van der Waals surface area contributed by atoms with Crippen LogP contribution in [0, 0.1) is 0 Å². The third kappa shape index (κ3) is 5.00. The second kappa shape index (κ2) is 9.77. The highest BCUT2D eigenvalue weighted by atomic mass is 16.5. The molecule has 31 heavy (non-hydrogen) atoms. The summed E-state index contributed by atoms with van der Waals surface area (Å²) in [6.45, 7) is 0.274. The highest BCUT2D eigenvalue weighted by Gasteiger charge is 2.44. The van der Waals surface area contributed by atoms with Crippen molar-refractivity contribution in [3.63, 3.8) is 0 Å². The second-order valence-electron chi connectivity index (χ2n) is 8.72. The fraction of sp³-hybridized carbons (Fsp3) is 0.520. The van der Waals surface area contributed by atoms with E-state index in [0.29, 0.717) is 12.5 Å². The quantitative estimate of drug-likeness (QED) is 0.512. The Balaban J connectivity index is 1.58. The van der Waals surface area contributed by atoms with Crippen LogP contribution in [0.3, 0.4) is 0 Å². The lowest BCUT2D eigenvalue weighted by Crippen LogP contribution is -2.55. The third-order valence-corrected chi connectivity index (χ3v) is 6.42. The van der Waals surface area contributed by atoms with Crippen molar-refractivity contribution in [2.75, 3.05) is 20.3 Å². The van der Waals surface area contributed by atoms with Gasteiger partial charge in [0.2, 0.25) is 0 Å². The molecule has 2 aliphatic rings. The van der Waals surface area contributed by atoms with Crippen LogP contribution >= 0.6 is 0 Å². The molecule has 2 aromatic carbocycles. The fourth-order valence-corrected chi connectivity index (χ4v) is 4.39. The molecule has 4 N–H and O–H groups in total. The van der Waals surface area contributed by atoms with Crippen molar-refractivity contribution in [3.8, 4) is 0 Å². The van der Waals surface area contributed by atoms with Gasteiger partial charge in [0.25, 0.3) is 0 Å². The van der Waals surface area contributed by atoms with E-state index in [2.05, 4.69) is 30.3 Å². The van der Waals surface area contributed by atoms with Crippen LogP contribution in [0.25, 0.3) is 0 Å². The zero-order valence-corrected chi connectivity index (χ0v) is 17.9. The highest BCUT2D eigenvalue weighted by Crippen LogP contribution is 2.43. The number of benzene rings is 2. The average molecular weight is 429 g/mol. The Morgan fingerprint density at radius 3 is 2.29 bits per heavy atom. The van der Waals surface area contributed by atoms with Gasteiger partial charge in [0.15, 0.2) is 0 Å². The monoisotopic (exact) mass is 428 g/mol. The van der Waals surface area contributed by atoms with E-state index in [1.807, 2.05) is 12.1 Å². The van der Waals surface area contributed by atoms with Crippen LogP contribution in [0.2, 0.25) is 0 Å². The van der Waals surface area contributed by atoms with Crippen molar-refractivity contribution in [3.05, 3.63) is 70.3 Å². The first-order chi connectivity index (χ1) is 15.0. The summed E-state index contributed by atoms with van der Waals surface area (Å²) in [5, 5.41) is 40.3. The van der Waals surface area contributed by atoms with Crippen molar-refractivity contribution < 1.29 is 29.9 Å². The van der Waals surface area contributed by atoms with Crippen LogP contribution < -0.4 is 0 Å². The number of aliphatic hydroxyl groups excluding tert-OH is 4. The van der Waals surface area contributed by atoms with Gasteiger partial charge in [-0.1, -0.05) is 42.5 Å². The zero-order valence-electron chi connectivity index (χ0n) is 17.9. The maximum absolute atomic E-state index is 10.5. The van der Waals surface area contributed by atoms with Gasteiger partial charge in [-0.05, 0) is 59.4 Å². The third-order valence-electron chi connectivity index (χ3n) is 6.42. The van der Waals surface area contributed by atoms with Gasteiger partial charge in [-0.2, -0.15) is 0 Å². The topological polar surface area (TPSA) is 99.4 Å². The Kier molecular flexibility index (Phi) is 7.06. The van der Waals surface area contributed by atoms with Crippen LogP contribution in [0.5, 0.6) is 0 Å². The molecular formula is C25H32O6. The van der Waals surface area contributed by atoms with Crippen LogP contribution in [-0.4, -0.2) is 65.2 Å². The van der Waals surface area contributed by atoms with Gasteiger partial charge in [-0.15, -0.1) is 0 Å². The number of ether oxygens (including phenoxy) is 2. The SMILES string of the molecule is COCCc1ccc(Cc2cc([C@@H]3O[C@H](CO)[C@@H](O)[C@H](O)[C@H]3O)ccc2C2CC2)cc1. The summed E-state index contributed by atoms with van der Waals surface area (Å²) in [4.78, 5) is 0. The summed E-state index contributed by atoms with van der Waals surface area (Å²) in [5.41, 5.74) is 5.68.